The second-order valence-corrected chi connectivity index (χ2v) is 8.57. The summed E-state index contributed by atoms with van der Waals surface area (Å²) in [6, 6.07) is 8.76. The van der Waals surface area contributed by atoms with Crippen molar-refractivity contribution in [2.75, 3.05) is 23.8 Å². The number of carbonyl (C=O) groups is 2. The Kier molecular flexibility index (Phi) is 6.73. The first kappa shape index (κ1) is 20.5. The van der Waals surface area contributed by atoms with Crippen LogP contribution in [-0.2, 0) is 16.0 Å². The largest absolute Gasteiger partial charge is 0.376 e. The molecule has 1 atom stereocenters. The lowest BCUT2D eigenvalue weighted by Crippen LogP contribution is -2.35. The molecular formula is C21H22N4O3S2. The van der Waals surface area contributed by atoms with Crippen LogP contribution in [0, 0.1) is 0 Å². The maximum atomic E-state index is 12.3. The van der Waals surface area contributed by atoms with Gasteiger partial charge >= 0.3 is 6.03 Å². The van der Waals surface area contributed by atoms with Crippen LogP contribution in [0.25, 0.3) is 10.6 Å². The van der Waals surface area contributed by atoms with Crippen LogP contribution in [-0.4, -0.2) is 36.2 Å². The van der Waals surface area contributed by atoms with E-state index in [1.54, 1.807) is 35.6 Å². The number of nitrogens with zero attached hydrogens (tertiary/aromatic N) is 1. The smallest absolute Gasteiger partial charge is 0.319 e. The predicted molar refractivity (Wildman–Crippen MR) is 120 cm³/mol. The lowest BCUT2D eigenvalue weighted by atomic mass is 10.2. The van der Waals surface area contributed by atoms with Crippen LogP contribution in [0.5, 0.6) is 0 Å². The average molecular weight is 443 g/mol. The molecule has 7 nitrogen and oxygen atoms in total. The molecule has 1 unspecified atom stereocenters. The zero-order valence-corrected chi connectivity index (χ0v) is 17.9. The van der Waals surface area contributed by atoms with Crippen LogP contribution in [0.15, 0.2) is 46.5 Å². The fourth-order valence-electron chi connectivity index (χ4n) is 3.10. The molecule has 9 heteroatoms. The average Bonchev–Trinajstić information content (AvgIpc) is 3.50. The zero-order chi connectivity index (χ0) is 20.8. The second-order valence-electron chi connectivity index (χ2n) is 6.93. The highest BCUT2D eigenvalue weighted by Gasteiger charge is 2.16. The fraction of sp³-hybridized carbons (Fsp3) is 0.286. The van der Waals surface area contributed by atoms with E-state index in [1.807, 2.05) is 22.2 Å². The standard InChI is InChI=1S/C21H22N4O3S2/c26-19(10-17-13-30-20(24-17)14-7-9-29-12-14)23-15-3-5-16(6-4-15)25-21(27)22-11-18-2-1-8-28-18/h3-7,9,12-13,18H,1-2,8,10-11H2,(H,23,26)(H2,22,25,27). The number of anilines is 2. The molecule has 1 aliphatic heterocycles. The molecule has 1 fully saturated rings. The molecular weight excluding hydrogens is 420 g/mol. The van der Waals surface area contributed by atoms with Gasteiger partial charge in [0.25, 0.3) is 0 Å². The van der Waals surface area contributed by atoms with Crippen molar-refractivity contribution in [1.29, 1.82) is 0 Å². The van der Waals surface area contributed by atoms with Gasteiger partial charge in [-0.25, -0.2) is 9.78 Å². The lowest BCUT2D eigenvalue weighted by molar-refractivity contribution is -0.115. The summed E-state index contributed by atoms with van der Waals surface area (Å²) in [6.07, 6.45) is 2.34. The molecule has 3 heterocycles. The number of amides is 3. The maximum Gasteiger partial charge on any atom is 0.319 e. The normalized spacial score (nSPS) is 15.7. The number of rotatable bonds is 7. The number of nitrogens with one attached hydrogen (secondary N) is 3. The molecule has 0 spiro atoms. The van der Waals surface area contributed by atoms with E-state index in [1.165, 1.54) is 11.3 Å². The van der Waals surface area contributed by atoms with Gasteiger partial charge in [0.15, 0.2) is 0 Å². The van der Waals surface area contributed by atoms with E-state index >= 15 is 0 Å². The van der Waals surface area contributed by atoms with Gasteiger partial charge < -0.3 is 20.7 Å². The van der Waals surface area contributed by atoms with Gasteiger partial charge in [0.1, 0.15) is 5.01 Å². The predicted octanol–water partition coefficient (Wildman–Crippen LogP) is 4.35. The molecule has 156 valence electrons. The third kappa shape index (κ3) is 5.65. The Morgan fingerprint density at radius 1 is 1.10 bits per heavy atom. The van der Waals surface area contributed by atoms with Crippen molar-refractivity contribution < 1.29 is 14.3 Å². The van der Waals surface area contributed by atoms with E-state index in [0.717, 1.165) is 35.7 Å². The highest BCUT2D eigenvalue weighted by Crippen LogP contribution is 2.26. The molecule has 0 radical (unpaired) electrons. The number of carbonyl (C=O) groups excluding carboxylic acids is 2. The Morgan fingerprint density at radius 3 is 2.60 bits per heavy atom. The number of benzene rings is 1. The number of thiazole rings is 1. The highest BCUT2D eigenvalue weighted by molar-refractivity contribution is 7.14. The Morgan fingerprint density at radius 2 is 1.90 bits per heavy atom. The summed E-state index contributed by atoms with van der Waals surface area (Å²) in [7, 11) is 0. The third-order valence-electron chi connectivity index (χ3n) is 4.60. The lowest BCUT2D eigenvalue weighted by Gasteiger charge is -2.12. The highest BCUT2D eigenvalue weighted by atomic mass is 32.1. The second kappa shape index (κ2) is 9.84. The summed E-state index contributed by atoms with van der Waals surface area (Å²) in [5, 5.41) is 15.3. The number of ether oxygens (including phenoxy) is 1. The van der Waals surface area contributed by atoms with Crippen LogP contribution in [0.4, 0.5) is 16.2 Å². The minimum absolute atomic E-state index is 0.104. The van der Waals surface area contributed by atoms with E-state index in [9.17, 15) is 9.59 Å². The van der Waals surface area contributed by atoms with Crippen LogP contribution >= 0.6 is 22.7 Å². The Bertz CT molecular complexity index is 980. The molecule has 3 aromatic rings. The number of hydrogen-bond acceptors (Lipinski definition) is 6. The molecule has 4 rings (SSSR count). The molecule has 2 aromatic heterocycles. The van der Waals surface area contributed by atoms with Gasteiger partial charge in [-0.1, -0.05) is 0 Å². The van der Waals surface area contributed by atoms with Crippen LogP contribution in [0.2, 0.25) is 0 Å². The molecule has 1 saturated heterocycles. The van der Waals surface area contributed by atoms with E-state index in [2.05, 4.69) is 20.9 Å². The molecule has 1 aliphatic rings. The molecule has 1 aromatic carbocycles. The molecule has 30 heavy (non-hydrogen) atoms. The first-order valence-corrected chi connectivity index (χ1v) is 11.5. The first-order chi connectivity index (χ1) is 14.7. The van der Waals surface area contributed by atoms with E-state index < -0.39 is 0 Å². The number of aromatic nitrogens is 1. The first-order valence-electron chi connectivity index (χ1n) is 9.69. The molecule has 3 amide bonds. The summed E-state index contributed by atoms with van der Waals surface area (Å²) in [5.74, 6) is -0.132. The van der Waals surface area contributed by atoms with Gasteiger partial charge in [-0.3, -0.25) is 4.79 Å². The van der Waals surface area contributed by atoms with Crippen LogP contribution in [0.1, 0.15) is 18.5 Å². The van der Waals surface area contributed by atoms with Gasteiger partial charge in [0.05, 0.1) is 18.2 Å². The van der Waals surface area contributed by atoms with Crippen molar-refractivity contribution in [3.63, 3.8) is 0 Å². The molecule has 0 bridgehead atoms. The topological polar surface area (TPSA) is 92.4 Å². The number of thiophene rings is 1. The van der Waals surface area contributed by atoms with E-state index in [-0.39, 0.29) is 24.5 Å². The summed E-state index contributed by atoms with van der Waals surface area (Å²) >= 11 is 3.16. The van der Waals surface area contributed by atoms with Gasteiger partial charge in [-0.2, -0.15) is 11.3 Å². The molecule has 0 saturated carbocycles. The monoisotopic (exact) mass is 442 g/mol. The SMILES string of the molecule is O=C(Cc1csc(-c2ccsc2)n1)Nc1ccc(NC(=O)NCC2CCCO2)cc1. The Labute approximate surface area is 182 Å². The minimum atomic E-state index is -0.271. The molecule has 3 N–H and O–H groups in total. The van der Waals surface area contributed by atoms with Crippen molar-refractivity contribution >= 4 is 46.0 Å². The van der Waals surface area contributed by atoms with Gasteiger partial charge in [-0.15, -0.1) is 11.3 Å². The van der Waals surface area contributed by atoms with Crippen molar-refractivity contribution in [3.05, 3.63) is 52.2 Å². The number of urea groups is 1. The summed E-state index contributed by atoms with van der Waals surface area (Å²) < 4.78 is 5.48. The summed E-state index contributed by atoms with van der Waals surface area (Å²) in [5.41, 5.74) is 3.15. The number of hydrogen-bond donors (Lipinski definition) is 3. The fourth-order valence-corrected chi connectivity index (χ4v) is 4.63. The van der Waals surface area contributed by atoms with Gasteiger partial charge in [-0.05, 0) is 48.6 Å². The van der Waals surface area contributed by atoms with E-state index in [0.29, 0.717) is 17.9 Å². The minimum Gasteiger partial charge on any atom is -0.376 e. The van der Waals surface area contributed by atoms with Crippen molar-refractivity contribution in [1.82, 2.24) is 10.3 Å². The van der Waals surface area contributed by atoms with Crippen LogP contribution < -0.4 is 16.0 Å². The maximum absolute atomic E-state index is 12.3. The van der Waals surface area contributed by atoms with Crippen molar-refractivity contribution in [3.8, 4) is 10.6 Å². The summed E-state index contributed by atoms with van der Waals surface area (Å²) in [6.45, 7) is 1.27. The summed E-state index contributed by atoms with van der Waals surface area (Å²) in [4.78, 5) is 28.8. The quantitative estimate of drug-likeness (QED) is 0.507. The Balaban J connectivity index is 1.23. The Hall–Kier alpha value is -2.75. The van der Waals surface area contributed by atoms with Crippen LogP contribution in [0.3, 0.4) is 0 Å². The van der Waals surface area contributed by atoms with E-state index in [4.69, 9.17) is 4.74 Å². The van der Waals surface area contributed by atoms with Gasteiger partial charge in [0.2, 0.25) is 5.91 Å². The third-order valence-corrected chi connectivity index (χ3v) is 6.23. The zero-order valence-electron chi connectivity index (χ0n) is 16.2. The molecule has 0 aliphatic carbocycles. The van der Waals surface area contributed by atoms with Crippen molar-refractivity contribution in [2.45, 2.75) is 25.4 Å². The van der Waals surface area contributed by atoms with Gasteiger partial charge in [0, 0.05) is 40.8 Å². The van der Waals surface area contributed by atoms with Crippen molar-refractivity contribution in [2.24, 2.45) is 0 Å².